The SMILES string of the molecule is CCNC(=S)Nc1nc(OC)cc(OC)n1. The molecule has 1 rings (SSSR count). The topological polar surface area (TPSA) is 68.3 Å². The van der Waals surface area contributed by atoms with E-state index in [1.165, 1.54) is 14.2 Å². The molecule has 0 unspecified atom stereocenters. The average molecular weight is 242 g/mol. The monoisotopic (exact) mass is 242 g/mol. The molecule has 0 saturated heterocycles. The van der Waals surface area contributed by atoms with Gasteiger partial charge >= 0.3 is 0 Å². The first-order chi connectivity index (χ1) is 7.69. The number of hydrogen-bond acceptors (Lipinski definition) is 5. The number of anilines is 1. The minimum atomic E-state index is 0.335. The van der Waals surface area contributed by atoms with E-state index in [0.717, 1.165) is 6.54 Å². The lowest BCUT2D eigenvalue weighted by atomic mass is 10.6. The fourth-order valence-corrected chi connectivity index (χ4v) is 1.21. The fourth-order valence-electron chi connectivity index (χ4n) is 0.975. The normalized spacial score (nSPS) is 9.44. The standard InChI is InChI=1S/C9H14N4O2S/c1-4-10-9(16)13-8-11-6(14-2)5-7(12-8)15-3/h5H,4H2,1-3H3,(H2,10,11,12,13,16). The molecule has 0 aliphatic carbocycles. The number of hydrogen-bond donors (Lipinski definition) is 2. The third kappa shape index (κ3) is 3.50. The van der Waals surface area contributed by atoms with E-state index in [1.807, 2.05) is 6.92 Å². The predicted molar refractivity (Wildman–Crippen MR) is 65.0 cm³/mol. The summed E-state index contributed by atoms with van der Waals surface area (Å²) < 4.78 is 10.0. The molecule has 0 spiro atoms. The Balaban J connectivity index is 2.82. The Kier molecular flexibility index (Phi) is 4.71. The molecule has 0 saturated carbocycles. The molecule has 0 bridgehead atoms. The summed E-state index contributed by atoms with van der Waals surface area (Å²) in [6.07, 6.45) is 0. The zero-order valence-corrected chi connectivity index (χ0v) is 10.2. The van der Waals surface area contributed by atoms with E-state index in [4.69, 9.17) is 21.7 Å². The molecule has 16 heavy (non-hydrogen) atoms. The summed E-state index contributed by atoms with van der Waals surface area (Å²) in [5.74, 6) is 1.16. The molecule has 6 nitrogen and oxygen atoms in total. The first-order valence-corrected chi connectivity index (χ1v) is 5.12. The Hall–Kier alpha value is -1.63. The molecule has 0 atom stereocenters. The van der Waals surface area contributed by atoms with E-state index in [9.17, 15) is 0 Å². The van der Waals surface area contributed by atoms with Crippen LogP contribution in [-0.2, 0) is 0 Å². The van der Waals surface area contributed by atoms with Crippen molar-refractivity contribution in [2.24, 2.45) is 0 Å². The second-order valence-electron chi connectivity index (χ2n) is 2.76. The van der Waals surface area contributed by atoms with Crippen LogP contribution in [0.15, 0.2) is 6.07 Å². The molecule has 0 fully saturated rings. The van der Waals surface area contributed by atoms with Crippen LogP contribution in [-0.4, -0.2) is 35.8 Å². The van der Waals surface area contributed by atoms with Crippen LogP contribution < -0.4 is 20.1 Å². The smallest absolute Gasteiger partial charge is 0.235 e. The molecule has 0 amide bonds. The maximum absolute atomic E-state index is 5.01. The molecule has 1 heterocycles. The van der Waals surface area contributed by atoms with Crippen molar-refractivity contribution in [3.63, 3.8) is 0 Å². The van der Waals surface area contributed by atoms with Gasteiger partial charge in [0.05, 0.1) is 20.3 Å². The largest absolute Gasteiger partial charge is 0.481 e. The van der Waals surface area contributed by atoms with Crippen molar-refractivity contribution in [3.8, 4) is 11.8 Å². The fraction of sp³-hybridized carbons (Fsp3) is 0.444. The highest BCUT2D eigenvalue weighted by molar-refractivity contribution is 7.80. The third-order valence-corrected chi connectivity index (χ3v) is 1.91. The van der Waals surface area contributed by atoms with Crippen LogP contribution in [0.25, 0.3) is 0 Å². The molecular weight excluding hydrogens is 228 g/mol. The number of aromatic nitrogens is 2. The molecule has 0 aromatic carbocycles. The van der Waals surface area contributed by atoms with Gasteiger partial charge in [-0.25, -0.2) is 0 Å². The van der Waals surface area contributed by atoms with Crippen LogP contribution in [0.2, 0.25) is 0 Å². The third-order valence-electron chi connectivity index (χ3n) is 1.66. The predicted octanol–water partition coefficient (Wildman–Crippen LogP) is 0.800. The lowest BCUT2D eigenvalue weighted by molar-refractivity contribution is 0.373. The van der Waals surface area contributed by atoms with E-state index in [2.05, 4.69) is 20.6 Å². The minimum absolute atomic E-state index is 0.335. The van der Waals surface area contributed by atoms with E-state index in [0.29, 0.717) is 22.8 Å². The number of methoxy groups -OCH3 is 2. The average Bonchev–Trinajstić information content (AvgIpc) is 2.28. The van der Waals surface area contributed by atoms with Gasteiger partial charge in [-0.3, -0.25) is 0 Å². The lowest BCUT2D eigenvalue weighted by Gasteiger charge is -2.09. The van der Waals surface area contributed by atoms with E-state index >= 15 is 0 Å². The van der Waals surface area contributed by atoms with Crippen molar-refractivity contribution in [2.75, 3.05) is 26.1 Å². The quantitative estimate of drug-likeness (QED) is 0.757. The number of nitrogens with one attached hydrogen (secondary N) is 2. The van der Waals surface area contributed by atoms with Gasteiger partial charge in [0, 0.05) is 6.54 Å². The number of nitrogens with zero attached hydrogens (tertiary/aromatic N) is 2. The molecule has 2 N–H and O–H groups in total. The van der Waals surface area contributed by atoms with E-state index < -0.39 is 0 Å². The Morgan fingerprint density at radius 1 is 1.31 bits per heavy atom. The van der Waals surface area contributed by atoms with Crippen LogP contribution in [0.3, 0.4) is 0 Å². The van der Waals surface area contributed by atoms with Gasteiger partial charge in [0.2, 0.25) is 17.7 Å². The van der Waals surface area contributed by atoms with Crippen molar-refractivity contribution in [1.29, 1.82) is 0 Å². The molecule has 1 aromatic heterocycles. The zero-order valence-electron chi connectivity index (χ0n) is 9.40. The Labute approximate surface area is 99.4 Å². The van der Waals surface area contributed by atoms with Crippen molar-refractivity contribution in [1.82, 2.24) is 15.3 Å². The van der Waals surface area contributed by atoms with Crippen molar-refractivity contribution >= 4 is 23.3 Å². The van der Waals surface area contributed by atoms with Gasteiger partial charge in [0.15, 0.2) is 5.11 Å². The molecule has 0 aliphatic rings. The van der Waals surface area contributed by atoms with Gasteiger partial charge in [0.25, 0.3) is 0 Å². The Bertz CT molecular complexity index is 350. The second kappa shape index (κ2) is 6.06. The molecule has 0 radical (unpaired) electrons. The minimum Gasteiger partial charge on any atom is -0.481 e. The summed E-state index contributed by atoms with van der Waals surface area (Å²) >= 11 is 5.01. The molecule has 1 aromatic rings. The second-order valence-corrected chi connectivity index (χ2v) is 3.17. The van der Waals surface area contributed by atoms with E-state index in [1.54, 1.807) is 6.07 Å². The molecule has 0 aliphatic heterocycles. The van der Waals surface area contributed by atoms with Crippen molar-refractivity contribution in [3.05, 3.63) is 6.07 Å². The maximum atomic E-state index is 5.01. The van der Waals surface area contributed by atoms with E-state index in [-0.39, 0.29) is 0 Å². The first-order valence-electron chi connectivity index (χ1n) is 4.71. The Morgan fingerprint density at radius 2 is 1.88 bits per heavy atom. The van der Waals surface area contributed by atoms with Gasteiger partial charge < -0.3 is 20.1 Å². The van der Waals surface area contributed by atoms with Crippen LogP contribution in [0.5, 0.6) is 11.8 Å². The van der Waals surface area contributed by atoms with Crippen LogP contribution in [0, 0.1) is 0 Å². The number of ether oxygens (including phenoxy) is 2. The summed E-state index contributed by atoms with van der Waals surface area (Å²) in [7, 11) is 3.04. The number of thiocarbonyl (C=S) groups is 1. The maximum Gasteiger partial charge on any atom is 0.235 e. The number of rotatable bonds is 4. The summed E-state index contributed by atoms with van der Waals surface area (Å²) in [6, 6.07) is 1.58. The van der Waals surface area contributed by atoms with Gasteiger partial charge in [-0.15, -0.1) is 0 Å². The molecular formula is C9H14N4O2S. The summed E-state index contributed by atoms with van der Waals surface area (Å²) in [4.78, 5) is 8.14. The molecule has 7 heteroatoms. The summed E-state index contributed by atoms with van der Waals surface area (Å²) in [6.45, 7) is 2.67. The highest BCUT2D eigenvalue weighted by atomic mass is 32.1. The summed E-state index contributed by atoms with van der Waals surface area (Å²) in [5, 5.41) is 6.21. The Morgan fingerprint density at radius 3 is 2.31 bits per heavy atom. The zero-order chi connectivity index (χ0) is 12.0. The van der Waals surface area contributed by atoms with Crippen LogP contribution in [0.1, 0.15) is 6.92 Å². The van der Waals surface area contributed by atoms with Crippen molar-refractivity contribution < 1.29 is 9.47 Å². The summed E-state index contributed by atoms with van der Waals surface area (Å²) in [5.41, 5.74) is 0. The van der Waals surface area contributed by atoms with Crippen molar-refractivity contribution in [2.45, 2.75) is 6.92 Å². The van der Waals surface area contributed by atoms with Gasteiger partial charge in [-0.2, -0.15) is 9.97 Å². The lowest BCUT2D eigenvalue weighted by Crippen LogP contribution is -2.28. The van der Waals surface area contributed by atoms with Gasteiger partial charge in [-0.05, 0) is 19.1 Å². The molecule has 88 valence electrons. The van der Waals surface area contributed by atoms with Gasteiger partial charge in [0.1, 0.15) is 0 Å². The van der Waals surface area contributed by atoms with Crippen LogP contribution >= 0.6 is 12.2 Å². The highest BCUT2D eigenvalue weighted by Gasteiger charge is 2.06. The highest BCUT2D eigenvalue weighted by Crippen LogP contribution is 2.16. The first kappa shape index (κ1) is 12.4. The van der Waals surface area contributed by atoms with Gasteiger partial charge in [-0.1, -0.05) is 0 Å². The van der Waals surface area contributed by atoms with Crippen LogP contribution in [0.4, 0.5) is 5.95 Å².